The number of quaternary nitrogens is 1. The first-order valence-electron chi connectivity index (χ1n) is 8.66. The second kappa shape index (κ2) is 7.91. The Morgan fingerprint density at radius 1 is 1.14 bits per heavy atom. The summed E-state index contributed by atoms with van der Waals surface area (Å²) in [6.45, 7) is 12.0. The molecular weight excluding hydrogens is 266 g/mol. The van der Waals surface area contributed by atoms with Crippen LogP contribution in [-0.2, 0) is 9.47 Å². The minimum atomic E-state index is -0.335. The summed E-state index contributed by atoms with van der Waals surface area (Å²) in [7, 11) is 0. The molecule has 1 saturated heterocycles. The van der Waals surface area contributed by atoms with Crippen molar-refractivity contribution in [3.05, 3.63) is 0 Å². The number of nitrogens with one attached hydrogen (secondary N) is 1. The maximum Gasteiger partial charge on any atom is 0.126 e. The normalized spacial score (nSPS) is 30.3. The molecule has 124 valence electrons. The number of rotatable bonds is 5. The molecule has 4 heteroatoms. The van der Waals surface area contributed by atoms with Crippen molar-refractivity contribution in [2.24, 2.45) is 11.3 Å². The van der Waals surface area contributed by atoms with Crippen LogP contribution in [0.15, 0.2) is 0 Å². The predicted octanol–water partition coefficient (Wildman–Crippen LogP) is 0.884. The van der Waals surface area contributed by atoms with Crippen molar-refractivity contribution in [1.29, 1.82) is 0 Å². The van der Waals surface area contributed by atoms with Crippen molar-refractivity contribution < 1.29 is 19.5 Å². The molecule has 21 heavy (non-hydrogen) atoms. The standard InChI is InChI=1S/C17H33NO3/c1-17(2,3)14-4-6-16(7-5-14)21-13-15(19)12-18-8-10-20-11-9-18/h14-16,19H,4-13H2,1-3H3/p+1. The van der Waals surface area contributed by atoms with E-state index in [1.165, 1.54) is 17.7 Å². The van der Waals surface area contributed by atoms with Crippen molar-refractivity contribution in [3.8, 4) is 0 Å². The molecule has 2 rings (SSSR count). The van der Waals surface area contributed by atoms with Crippen LogP contribution >= 0.6 is 0 Å². The Hall–Kier alpha value is -0.160. The Morgan fingerprint density at radius 2 is 1.76 bits per heavy atom. The molecule has 1 atom stereocenters. The Kier molecular flexibility index (Phi) is 6.48. The molecule has 0 amide bonds. The van der Waals surface area contributed by atoms with Crippen LogP contribution in [0.5, 0.6) is 0 Å². The average Bonchev–Trinajstić information content (AvgIpc) is 2.46. The molecule has 1 aliphatic carbocycles. The van der Waals surface area contributed by atoms with E-state index in [0.29, 0.717) is 18.1 Å². The Labute approximate surface area is 129 Å². The van der Waals surface area contributed by atoms with Crippen LogP contribution in [-0.4, -0.2) is 56.8 Å². The highest BCUT2D eigenvalue weighted by Crippen LogP contribution is 2.38. The lowest BCUT2D eigenvalue weighted by atomic mass is 9.72. The van der Waals surface area contributed by atoms with Gasteiger partial charge in [-0.2, -0.15) is 0 Å². The SMILES string of the molecule is CC(C)(C)C1CCC(OCC(O)C[NH+]2CCOCC2)CC1. The monoisotopic (exact) mass is 300 g/mol. The third-order valence-electron chi connectivity index (χ3n) is 5.15. The number of aliphatic hydroxyl groups is 1. The fourth-order valence-electron chi connectivity index (χ4n) is 3.60. The summed E-state index contributed by atoms with van der Waals surface area (Å²) in [5, 5.41) is 10.1. The lowest BCUT2D eigenvalue weighted by Crippen LogP contribution is -3.15. The largest absolute Gasteiger partial charge is 0.385 e. The van der Waals surface area contributed by atoms with Crippen LogP contribution in [0.4, 0.5) is 0 Å². The van der Waals surface area contributed by atoms with E-state index in [9.17, 15) is 5.11 Å². The van der Waals surface area contributed by atoms with Gasteiger partial charge in [0, 0.05) is 0 Å². The topological polar surface area (TPSA) is 43.1 Å². The van der Waals surface area contributed by atoms with Crippen molar-refractivity contribution in [2.75, 3.05) is 39.5 Å². The minimum absolute atomic E-state index is 0.335. The Balaban J connectivity index is 1.60. The molecule has 1 heterocycles. The van der Waals surface area contributed by atoms with Crippen LogP contribution < -0.4 is 4.90 Å². The van der Waals surface area contributed by atoms with Gasteiger partial charge < -0.3 is 19.5 Å². The van der Waals surface area contributed by atoms with Crippen molar-refractivity contribution in [1.82, 2.24) is 0 Å². The van der Waals surface area contributed by atoms with Crippen LogP contribution in [0.3, 0.4) is 0 Å². The summed E-state index contributed by atoms with van der Waals surface area (Å²) in [6.07, 6.45) is 4.85. The zero-order chi connectivity index (χ0) is 15.3. The van der Waals surface area contributed by atoms with Gasteiger partial charge in [-0.3, -0.25) is 0 Å². The van der Waals surface area contributed by atoms with Gasteiger partial charge >= 0.3 is 0 Å². The van der Waals surface area contributed by atoms with Crippen molar-refractivity contribution >= 4 is 0 Å². The number of aliphatic hydroxyl groups excluding tert-OH is 1. The summed E-state index contributed by atoms with van der Waals surface area (Å²) >= 11 is 0. The maximum absolute atomic E-state index is 10.1. The molecule has 0 aromatic heterocycles. The number of hydrogen-bond donors (Lipinski definition) is 2. The van der Waals surface area contributed by atoms with Gasteiger partial charge in [-0.15, -0.1) is 0 Å². The van der Waals surface area contributed by atoms with Gasteiger partial charge in [0.25, 0.3) is 0 Å². The zero-order valence-electron chi connectivity index (χ0n) is 14.1. The summed E-state index contributed by atoms with van der Waals surface area (Å²) in [5.41, 5.74) is 0.421. The molecule has 1 unspecified atom stereocenters. The van der Waals surface area contributed by atoms with E-state index in [1.807, 2.05) is 0 Å². The average molecular weight is 300 g/mol. The smallest absolute Gasteiger partial charge is 0.126 e. The minimum Gasteiger partial charge on any atom is -0.385 e. The van der Waals surface area contributed by atoms with E-state index in [2.05, 4.69) is 20.8 Å². The van der Waals surface area contributed by atoms with Crippen LogP contribution in [0, 0.1) is 11.3 Å². The van der Waals surface area contributed by atoms with Gasteiger partial charge in [-0.05, 0) is 37.0 Å². The molecular formula is C17H34NO3+. The first-order chi connectivity index (χ1) is 9.95. The van der Waals surface area contributed by atoms with Gasteiger partial charge in [0.05, 0.1) is 25.9 Å². The van der Waals surface area contributed by atoms with Crippen LogP contribution in [0.25, 0.3) is 0 Å². The zero-order valence-corrected chi connectivity index (χ0v) is 14.1. The number of hydrogen-bond acceptors (Lipinski definition) is 3. The third-order valence-corrected chi connectivity index (χ3v) is 5.15. The fourth-order valence-corrected chi connectivity index (χ4v) is 3.60. The van der Waals surface area contributed by atoms with Gasteiger partial charge in [-0.1, -0.05) is 20.8 Å². The first kappa shape index (κ1) is 17.2. The summed E-state index contributed by atoms with van der Waals surface area (Å²) in [6, 6.07) is 0. The molecule has 0 radical (unpaired) electrons. The Bertz CT molecular complexity index is 289. The molecule has 0 bridgehead atoms. The molecule has 1 saturated carbocycles. The number of ether oxygens (including phenoxy) is 2. The molecule has 2 N–H and O–H groups in total. The van der Waals surface area contributed by atoms with E-state index in [0.717, 1.165) is 51.6 Å². The summed E-state index contributed by atoms with van der Waals surface area (Å²) in [5.74, 6) is 0.820. The number of morpholine rings is 1. The first-order valence-corrected chi connectivity index (χ1v) is 8.66. The quantitative estimate of drug-likeness (QED) is 0.792. The van der Waals surface area contributed by atoms with E-state index in [4.69, 9.17) is 9.47 Å². The molecule has 0 aromatic rings. The van der Waals surface area contributed by atoms with Crippen LogP contribution in [0.1, 0.15) is 46.5 Å². The van der Waals surface area contributed by atoms with Gasteiger partial charge in [0.1, 0.15) is 25.7 Å². The lowest BCUT2D eigenvalue weighted by molar-refractivity contribution is -0.911. The van der Waals surface area contributed by atoms with Crippen molar-refractivity contribution in [3.63, 3.8) is 0 Å². The summed E-state index contributed by atoms with van der Waals surface area (Å²) in [4.78, 5) is 1.44. The van der Waals surface area contributed by atoms with Crippen LogP contribution in [0.2, 0.25) is 0 Å². The highest BCUT2D eigenvalue weighted by atomic mass is 16.5. The molecule has 2 aliphatic rings. The highest BCUT2D eigenvalue weighted by Gasteiger charge is 2.30. The molecule has 0 spiro atoms. The van der Waals surface area contributed by atoms with E-state index < -0.39 is 0 Å². The molecule has 1 aliphatic heterocycles. The van der Waals surface area contributed by atoms with E-state index in [-0.39, 0.29) is 6.10 Å². The summed E-state index contributed by atoms with van der Waals surface area (Å²) < 4.78 is 11.3. The van der Waals surface area contributed by atoms with Gasteiger partial charge in [-0.25, -0.2) is 0 Å². The van der Waals surface area contributed by atoms with Crippen molar-refractivity contribution in [2.45, 2.75) is 58.7 Å². The second-order valence-electron chi connectivity index (χ2n) is 7.89. The fraction of sp³-hybridized carbons (Fsp3) is 1.00. The predicted molar refractivity (Wildman–Crippen MR) is 83.5 cm³/mol. The van der Waals surface area contributed by atoms with Gasteiger partial charge in [0.15, 0.2) is 0 Å². The maximum atomic E-state index is 10.1. The van der Waals surface area contributed by atoms with Gasteiger partial charge in [0.2, 0.25) is 0 Å². The lowest BCUT2D eigenvalue weighted by Gasteiger charge is -2.37. The molecule has 2 fully saturated rings. The second-order valence-corrected chi connectivity index (χ2v) is 7.89. The van der Waals surface area contributed by atoms with E-state index >= 15 is 0 Å². The third kappa shape index (κ3) is 5.85. The Morgan fingerprint density at radius 3 is 2.33 bits per heavy atom. The molecule has 4 nitrogen and oxygen atoms in total. The molecule has 0 aromatic carbocycles. The van der Waals surface area contributed by atoms with E-state index in [1.54, 1.807) is 0 Å². The highest BCUT2D eigenvalue weighted by molar-refractivity contribution is 4.81.